The van der Waals surface area contributed by atoms with Gasteiger partial charge in [-0.1, -0.05) is 0 Å². The molecule has 0 N–H and O–H groups in total. The van der Waals surface area contributed by atoms with Gasteiger partial charge in [0.2, 0.25) is 0 Å². The van der Waals surface area contributed by atoms with Crippen molar-refractivity contribution in [2.75, 3.05) is 26.7 Å². The quantitative estimate of drug-likeness (QED) is 0.824. The SMILES string of the molecule is CO[C@@H]1CCN(C(=O)c2ccn(C)n2)[C@H]2CN(Cc3ccncc3)C[C@@H]12. The number of aryl methyl sites for hydroxylation is 1. The van der Waals surface area contributed by atoms with Crippen LogP contribution in [0.15, 0.2) is 36.8 Å². The summed E-state index contributed by atoms with van der Waals surface area (Å²) < 4.78 is 7.42. The van der Waals surface area contributed by atoms with Gasteiger partial charge >= 0.3 is 0 Å². The molecule has 0 spiro atoms. The Bertz CT molecular complexity index is 762. The van der Waals surface area contributed by atoms with Crippen molar-refractivity contribution in [1.29, 1.82) is 0 Å². The fourth-order valence-electron chi connectivity index (χ4n) is 4.33. The monoisotopic (exact) mass is 355 g/mol. The molecule has 4 rings (SSSR count). The van der Waals surface area contributed by atoms with Gasteiger partial charge in [0.15, 0.2) is 0 Å². The van der Waals surface area contributed by atoms with Crippen molar-refractivity contribution in [1.82, 2.24) is 24.6 Å². The van der Waals surface area contributed by atoms with E-state index < -0.39 is 0 Å². The average Bonchev–Trinajstić information content (AvgIpc) is 3.27. The van der Waals surface area contributed by atoms with E-state index in [9.17, 15) is 4.79 Å². The van der Waals surface area contributed by atoms with Crippen LogP contribution in [0.1, 0.15) is 22.5 Å². The van der Waals surface area contributed by atoms with E-state index in [1.54, 1.807) is 17.9 Å². The number of piperidine rings is 1. The summed E-state index contributed by atoms with van der Waals surface area (Å²) >= 11 is 0. The van der Waals surface area contributed by atoms with Crippen molar-refractivity contribution in [3.8, 4) is 0 Å². The molecule has 2 saturated heterocycles. The van der Waals surface area contributed by atoms with Crippen LogP contribution in [-0.2, 0) is 18.3 Å². The maximum atomic E-state index is 13.0. The summed E-state index contributed by atoms with van der Waals surface area (Å²) in [6.45, 7) is 3.40. The molecular formula is C19H25N5O2. The van der Waals surface area contributed by atoms with Gasteiger partial charge < -0.3 is 9.64 Å². The molecule has 0 radical (unpaired) electrons. The van der Waals surface area contributed by atoms with Gasteiger partial charge in [-0.05, 0) is 30.2 Å². The zero-order valence-electron chi connectivity index (χ0n) is 15.3. The number of hydrogen-bond donors (Lipinski definition) is 0. The number of fused-ring (bicyclic) bond motifs is 1. The highest BCUT2D eigenvalue weighted by atomic mass is 16.5. The number of ether oxygens (including phenoxy) is 1. The molecule has 3 atom stereocenters. The molecule has 26 heavy (non-hydrogen) atoms. The summed E-state index contributed by atoms with van der Waals surface area (Å²) in [4.78, 5) is 21.5. The standard InChI is InChI=1S/C19H25N5O2/c1-22-9-5-16(21-22)19(25)24-10-6-18(26-2)15-12-23(13-17(15)24)11-14-3-7-20-8-4-14/h3-5,7-9,15,17-18H,6,10-13H2,1-2H3/t15-,17+,18-/m1/s1. The minimum atomic E-state index is 0.0286. The van der Waals surface area contributed by atoms with E-state index in [4.69, 9.17) is 4.74 Å². The Balaban J connectivity index is 1.52. The van der Waals surface area contributed by atoms with Gasteiger partial charge in [0.25, 0.3) is 5.91 Å². The third kappa shape index (κ3) is 3.24. The molecule has 0 unspecified atom stereocenters. The Morgan fingerprint density at radius 3 is 2.77 bits per heavy atom. The number of nitrogens with zero attached hydrogens (tertiary/aromatic N) is 5. The van der Waals surface area contributed by atoms with E-state index in [1.807, 2.05) is 42.7 Å². The van der Waals surface area contributed by atoms with Crippen molar-refractivity contribution in [2.45, 2.75) is 25.1 Å². The smallest absolute Gasteiger partial charge is 0.274 e. The lowest BCUT2D eigenvalue weighted by molar-refractivity contribution is -0.0158. The fourth-order valence-corrected chi connectivity index (χ4v) is 4.33. The Labute approximate surface area is 153 Å². The van der Waals surface area contributed by atoms with Gasteiger partial charge in [-0.25, -0.2) is 0 Å². The first-order valence-electron chi connectivity index (χ1n) is 9.10. The number of aromatic nitrogens is 3. The van der Waals surface area contributed by atoms with Crippen molar-refractivity contribution >= 4 is 5.91 Å². The lowest BCUT2D eigenvalue weighted by Crippen LogP contribution is -2.53. The van der Waals surface area contributed by atoms with Gasteiger partial charge in [-0.3, -0.25) is 19.4 Å². The van der Waals surface area contributed by atoms with Crippen molar-refractivity contribution < 1.29 is 9.53 Å². The summed E-state index contributed by atoms with van der Waals surface area (Å²) in [6, 6.07) is 6.06. The van der Waals surface area contributed by atoms with Crippen LogP contribution in [0.2, 0.25) is 0 Å². The highest BCUT2D eigenvalue weighted by Gasteiger charge is 2.46. The molecular weight excluding hydrogens is 330 g/mol. The molecule has 7 nitrogen and oxygen atoms in total. The van der Waals surface area contributed by atoms with Crippen LogP contribution in [0.4, 0.5) is 0 Å². The van der Waals surface area contributed by atoms with E-state index in [1.165, 1.54) is 5.56 Å². The Morgan fingerprint density at radius 2 is 2.08 bits per heavy atom. The van der Waals surface area contributed by atoms with E-state index >= 15 is 0 Å². The maximum absolute atomic E-state index is 13.0. The van der Waals surface area contributed by atoms with Crippen molar-refractivity contribution in [2.24, 2.45) is 13.0 Å². The van der Waals surface area contributed by atoms with Crippen molar-refractivity contribution in [3.05, 3.63) is 48.0 Å². The molecule has 0 saturated carbocycles. The Kier molecular flexibility index (Phi) is 4.74. The number of carbonyl (C=O) groups is 1. The van der Waals surface area contributed by atoms with E-state index in [-0.39, 0.29) is 18.1 Å². The number of methoxy groups -OCH3 is 1. The number of pyridine rings is 1. The zero-order valence-corrected chi connectivity index (χ0v) is 15.3. The van der Waals surface area contributed by atoms with E-state index in [0.29, 0.717) is 11.6 Å². The molecule has 2 aliphatic heterocycles. The third-order valence-electron chi connectivity index (χ3n) is 5.59. The van der Waals surface area contributed by atoms with Crippen molar-refractivity contribution in [3.63, 3.8) is 0 Å². The highest BCUT2D eigenvalue weighted by molar-refractivity contribution is 5.92. The van der Waals surface area contributed by atoms with Crippen LogP contribution in [0.25, 0.3) is 0 Å². The second kappa shape index (κ2) is 7.17. The molecule has 0 aliphatic carbocycles. The summed E-state index contributed by atoms with van der Waals surface area (Å²) in [5.41, 5.74) is 1.77. The van der Waals surface area contributed by atoms with Crippen LogP contribution >= 0.6 is 0 Å². The predicted molar refractivity (Wildman–Crippen MR) is 96.5 cm³/mol. The number of rotatable bonds is 4. The van der Waals surface area contributed by atoms with Crippen LogP contribution in [0, 0.1) is 5.92 Å². The molecule has 138 valence electrons. The molecule has 7 heteroatoms. The first-order valence-corrected chi connectivity index (χ1v) is 9.10. The predicted octanol–water partition coefficient (Wildman–Crippen LogP) is 1.18. The highest BCUT2D eigenvalue weighted by Crippen LogP contribution is 2.33. The van der Waals surface area contributed by atoms with Crippen LogP contribution in [0.5, 0.6) is 0 Å². The number of carbonyl (C=O) groups excluding carboxylic acids is 1. The minimum absolute atomic E-state index is 0.0286. The van der Waals surface area contributed by atoms with Gasteiger partial charge in [0, 0.05) is 64.8 Å². The summed E-state index contributed by atoms with van der Waals surface area (Å²) in [5.74, 6) is 0.365. The van der Waals surface area contributed by atoms with Gasteiger partial charge in [-0.2, -0.15) is 5.10 Å². The molecule has 2 fully saturated rings. The number of likely N-dealkylation sites (tertiary alicyclic amines) is 2. The molecule has 2 aromatic heterocycles. The molecule has 4 heterocycles. The molecule has 2 aliphatic rings. The average molecular weight is 355 g/mol. The van der Waals surface area contributed by atoms with Gasteiger partial charge in [-0.15, -0.1) is 0 Å². The topological polar surface area (TPSA) is 63.5 Å². The molecule has 0 bridgehead atoms. The minimum Gasteiger partial charge on any atom is -0.381 e. The Hall–Kier alpha value is -2.25. The lowest BCUT2D eigenvalue weighted by atomic mass is 9.89. The maximum Gasteiger partial charge on any atom is 0.274 e. The normalized spacial score (nSPS) is 26.1. The summed E-state index contributed by atoms with van der Waals surface area (Å²) in [7, 11) is 3.62. The van der Waals surface area contributed by atoms with Gasteiger partial charge in [0.1, 0.15) is 5.69 Å². The summed E-state index contributed by atoms with van der Waals surface area (Å²) in [5, 5.41) is 4.30. The number of hydrogen-bond acceptors (Lipinski definition) is 5. The second-order valence-electron chi connectivity index (χ2n) is 7.22. The van der Waals surface area contributed by atoms with Gasteiger partial charge in [0.05, 0.1) is 12.1 Å². The van der Waals surface area contributed by atoms with Crippen LogP contribution in [-0.4, -0.2) is 69.4 Å². The first-order chi connectivity index (χ1) is 12.7. The van der Waals surface area contributed by atoms with Crippen LogP contribution in [0.3, 0.4) is 0 Å². The molecule has 2 aromatic rings. The number of amides is 1. The second-order valence-corrected chi connectivity index (χ2v) is 7.22. The first kappa shape index (κ1) is 17.2. The zero-order chi connectivity index (χ0) is 18.1. The third-order valence-corrected chi connectivity index (χ3v) is 5.59. The largest absolute Gasteiger partial charge is 0.381 e. The van der Waals surface area contributed by atoms with E-state index in [2.05, 4.69) is 15.0 Å². The lowest BCUT2D eigenvalue weighted by Gasteiger charge is -2.40. The fraction of sp³-hybridized carbons (Fsp3) is 0.526. The molecule has 0 aromatic carbocycles. The Morgan fingerprint density at radius 1 is 1.27 bits per heavy atom. The summed E-state index contributed by atoms with van der Waals surface area (Å²) in [6.07, 6.45) is 6.55. The molecule has 1 amide bonds. The van der Waals surface area contributed by atoms with E-state index in [0.717, 1.165) is 32.6 Å². The van der Waals surface area contributed by atoms with Crippen LogP contribution < -0.4 is 0 Å².